The lowest BCUT2D eigenvalue weighted by Crippen LogP contribution is -2.33. The Morgan fingerprint density at radius 3 is 3.07 bits per heavy atom. The molecule has 0 spiro atoms. The van der Waals surface area contributed by atoms with Crippen molar-refractivity contribution in [2.75, 3.05) is 5.32 Å². The number of hydrogen-bond donors (Lipinski definition) is 2. The molecular weight excluding hydrogens is 178 g/mol. The monoisotopic (exact) mass is 191 g/mol. The van der Waals surface area contributed by atoms with Crippen molar-refractivity contribution >= 4 is 11.7 Å². The Balaban J connectivity index is 2.33. The van der Waals surface area contributed by atoms with Gasteiger partial charge in [0, 0.05) is 5.69 Å². The van der Waals surface area contributed by atoms with Gasteiger partial charge in [-0.05, 0) is 30.9 Å². The van der Waals surface area contributed by atoms with Crippen molar-refractivity contribution < 1.29 is 9.90 Å². The molecule has 1 heterocycles. The van der Waals surface area contributed by atoms with Gasteiger partial charge in [-0.1, -0.05) is 18.2 Å². The van der Waals surface area contributed by atoms with Gasteiger partial charge in [0.1, 0.15) is 6.04 Å². The number of anilines is 1. The van der Waals surface area contributed by atoms with E-state index in [-0.39, 0.29) is 0 Å². The molecule has 1 atom stereocenters. The molecule has 74 valence electrons. The molecule has 1 unspecified atom stereocenters. The number of hydrogen-bond acceptors (Lipinski definition) is 2. The molecule has 2 N–H and O–H groups in total. The van der Waals surface area contributed by atoms with Gasteiger partial charge in [-0.15, -0.1) is 0 Å². The summed E-state index contributed by atoms with van der Waals surface area (Å²) in [6.07, 6.45) is 1.52. The molecule has 1 aromatic rings. The quantitative estimate of drug-likeness (QED) is 0.711. The number of carboxylic acid groups (broad SMARTS) is 1. The molecule has 0 aliphatic carbocycles. The maximum atomic E-state index is 10.8. The largest absolute Gasteiger partial charge is 0.480 e. The lowest BCUT2D eigenvalue weighted by Gasteiger charge is -2.25. The zero-order valence-corrected chi connectivity index (χ0v) is 8.08. The van der Waals surface area contributed by atoms with Gasteiger partial charge in [0.2, 0.25) is 0 Å². The van der Waals surface area contributed by atoms with Crippen LogP contribution in [0.5, 0.6) is 0 Å². The van der Waals surface area contributed by atoms with Crippen molar-refractivity contribution in [3.05, 3.63) is 29.3 Å². The number of carboxylic acids is 1. The van der Waals surface area contributed by atoms with E-state index in [2.05, 4.69) is 5.32 Å². The second-order valence-electron chi connectivity index (χ2n) is 3.68. The van der Waals surface area contributed by atoms with Crippen LogP contribution in [0.15, 0.2) is 18.2 Å². The Hall–Kier alpha value is -1.51. The van der Waals surface area contributed by atoms with Crippen molar-refractivity contribution in [3.63, 3.8) is 0 Å². The van der Waals surface area contributed by atoms with Crippen molar-refractivity contribution in [1.82, 2.24) is 0 Å². The van der Waals surface area contributed by atoms with Crippen LogP contribution in [0.25, 0.3) is 0 Å². The molecule has 14 heavy (non-hydrogen) atoms. The van der Waals surface area contributed by atoms with Gasteiger partial charge in [0.25, 0.3) is 0 Å². The summed E-state index contributed by atoms with van der Waals surface area (Å²) in [5, 5.41) is 12.0. The van der Waals surface area contributed by atoms with Crippen molar-refractivity contribution in [1.29, 1.82) is 0 Å². The first-order valence-corrected chi connectivity index (χ1v) is 4.76. The van der Waals surface area contributed by atoms with Crippen LogP contribution in [0.3, 0.4) is 0 Å². The van der Waals surface area contributed by atoms with Gasteiger partial charge in [-0.2, -0.15) is 0 Å². The summed E-state index contributed by atoms with van der Waals surface area (Å²) < 4.78 is 0. The van der Waals surface area contributed by atoms with Gasteiger partial charge in [-0.25, -0.2) is 4.79 Å². The second-order valence-corrected chi connectivity index (χ2v) is 3.68. The predicted molar refractivity (Wildman–Crippen MR) is 54.5 cm³/mol. The molecule has 1 aliphatic rings. The number of rotatable bonds is 1. The van der Waals surface area contributed by atoms with Crippen molar-refractivity contribution in [3.8, 4) is 0 Å². The summed E-state index contributed by atoms with van der Waals surface area (Å²) in [4.78, 5) is 10.8. The smallest absolute Gasteiger partial charge is 0.326 e. The minimum absolute atomic E-state index is 0.427. The van der Waals surface area contributed by atoms with E-state index < -0.39 is 12.0 Å². The number of carbonyl (C=O) groups is 1. The normalized spacial score (nSPS) is 19.6. The average Bonchev–Trinajstić information content (AvgIpc) is 2.18. The zero-order chi connectivity index (χ0) is 10.1. The maximum absolute atomic E-state index is 10.8. The Kier molecular flexibility index (Phi) is 2.15. The molecule has 0 amide bonds. The lowest BCUT2D eigenvalue weighted by atomic mass is 9.96. The van der Waals surface area contributed by atoms with Crippen LogP contribution in [0.2, 0.25) is 0 Å². The van der Waals surface area contributed by atoms with E-state index >= 15 is 0 Å². The van der Waals surface area contributed by atoms with Crippen LogP contribution in [-0.4, -0.2) is 17.1 Å². The molecule has 0 fully saturated rings. The summed E-state index contributed by atoms with van der Waals surface area (Å²) in [5.41, 5.74) is 3.35. The molecular formula is C11H13NO2. The number of aliphatic carboxylic acids is 1. The van der Waals surface area contributed by atoms with Crippen LogP contribution in [0.1, 0.15) is 17.5 Å². The van der Waals surface area contributed by atoms with Crippen LogP contribution < -0.4 is 5.32 Å². The predicted octanol–water partition coefficient (Wildman–Crippen LogP) is 1.81. The highest BCUT2D eigenvalue weighted by atomic mass is 16.4. The minimum atomic E-state index is -0.765. The van der Waals surface area contributed by atoms with Crippen LogP contribution >= 0.6 is 0 Å². The first-order valence-electron chi connectivity index (χ1n) is 4.76. The van der Waals surface area contributed by atoms with E-state index in [1.807, 2.05) is 25.1 Å². The fraction of sp³-hybridized carbons (Fsp3) is 0.364. The SMILES string of the molecule is Cc1cccc2c1NC(C(=O)O)CC2. The first-order chi connectivity index (χ1) is 6.68. The van der Waals surface area contributed by atoms with E-state index in [9.17, 15) is 4.79 Å². The summed E-state index contributed by atoms with van der Waals surface area (Å²) in [6.45, 7) is 2.00. The second kappa shape index (κ2) is 3.33. The molecule has 1 aromatic carbocycles. The maximum Gasteiger partial charge on any atom is 0.326 e. The Morgan fingerprint density at radius 1 is 1.57 bits per heavy atom. The van der Waals surface area contributed by atoms with Gasteiger partial charge < -0.3 is 10.4 Å². The van der Waals surface area contributed by atoms with Crippen molar-refractivity contribution in [2.24, 2.45) is 0 Å². The average molecular weight is 191 g/mol. The molecule has 2 rings (SSSR count). The fourth-order valence-corrected chi connectivity index (χ4v) is 1.87. The topological polar surface area (TPSA) is 49.3 Å². The van der Waals surface area contributed by atoms with E-state index in [0.29, 0.717) is 6.42 Å². The molecule has 1 aliphatic heterocycles. The molecule has 0 bridgehead atoms. The first kappa shape index (κ1) is 9.06. The zero-order valence-electron chi connectivity index (χ0n) is 8.08. The molecule has 0 saturated heterocycles. The summed E-state index contributed by atoms with van der Waals surface area (Å²) in [6, 6.07) is 5.63. The van der Waals surface area contributed by atoms with Gasteiger partial charge in [-0.3, -0.25) is 0 Å². The highest BCUT2D eigenvalue weighted by Gasteiger charge is 2.23. The molecule has 3 heteroatoms. The Morgan fingerprint density at radius 2 is 2.36 bits per heavy atom. The van der Waals surface area contributed by atoms with Gasteiger partial charge in [0.05, 0.1) is 0 Å². The highest BCUT2D eigenvalue weighted by molar-refractivity contribution is 5.79. The molecule has 0 radical (unpaired) electrons. The summed E-state index contributed by atoms with van der Waals surface area (Å²) in [5.74, 6) is -0.765. The van der Waals surface area contributed by atoms with Gasteiger partial charge in [0.15, 0.2) is 0 Å². The van der Waals surface area contributed by atoms with Crippen LogP contribution in [0.4, 0.5) is 5.69 Å². The van der Waals surface area contributed by atoms with E-state index in [1.165, 1.54) is 5.56 Å². The van der Waals surface area contributed by atoms with E-state index in [0.717, 1.165) is 17.7 Å². The third-order valence-corrected chi connectivity index (χ3v) is 2.68. The Labute approximate surface area is 82.8 Å². The minimum Gasteiger partial charge on any atom is -0.480 e. The number of benzene rings is 1. The Bertz CT molecular complexity index is 374. The van der Waals surface area contributed by atoms with Gasteiger partial charge >= 0.3 is 5.97 Å². The summed E-state index contributed by atoms with van der Waals surface area (Å²) >= 11 is 0. The van der Waals surface area contributed by atoms with Crippen LogP contribution in [-0.2, 0) is 11.2 Å². The van der Waals surface area contributed by atoms with Crippen molar-refractivity contribution in [2.45, 2.75) is 25.8 Å². The van der Waals surface area contributed by atoms with Crippen LogP contribution in [0, 0.1) is 6.92 Å². The lowest BCUT2D eigenvalue weighted by molar-refractivity contribution is -0.138. The number of aryl methyl sites for hydroxylation is 2. The van der Waals surface area contributed by atoms with E-state index in [1.54, 1.807) is 0 Å². The standard InChI is InChI=1S/C11H13NO2/c1-7-3-2-4-8-5-6-9(11(13)14)12-10(7)8/h2-4,9,12H,5-6H2,1H3,(H,13,14). The fourth-order valence-electron chi connectivity index (χ4n) is 1.87. The molecule has 0 saturated carbocycles. The third kappa shape index (κ3) is 1.45. The third-order valence-electron chi connectivity index (χ3n) is 2.68. The number of fused-ring (bicyclic) bond motifs is 1. The highest BCUT2D eigenvalue weighted by Crippen LogP contribution is 2.27. The number of nitrogens with one attached hydrogen (secondary N) is 1. The molecule has 3 nitrogen and oxygen atoms in total. The molecule has 0 aromatic heterocycles. The number of para-hydroxylation sites is 1. The summed E-state index contributed by atoms with van der Waals surface area (Å²) in [7, 11) is 0. The van der Waals surface area contributed by atoms with E-state index in [4.69, 9.17) is 5.11 Å².